The van der Waals surface area contributed by atoms with E-state index < -0.39 is 0 Å². The second-order valence-corrected chi connectivity index (χ2v) is 6.85. The molecule has 4 fully saturated rings. The Hall–Kier alpha value is -1.52. The van der Waals surface area contributed by atoms with Crippen molar-refractivity contribution in [2.24, 2.45) is 23.2 Å². The van der Waals surface area contributed by atoms with Gasteiger partial charge in [0, 0.05) is 0 Å². The van der Waals surface area contributed by atoms with Gasteiger partial charge in [-0.1, -0.05) is 0 Å². The number of nitrogens with two attached hydrogens (primary N) is 1. The molecule has 4 aliphatic rings. The van der Waals surface area contributed by atoms with Crippen LogP contribution >= 0.6 is 0 Å². The zero-order chi connectivity index (χ0) is 13.0. The predicted molar refractivity (Wildman–Crippen MR) is 72.2 cm³/mol. The van der Waals surface area contributed by atoms with Gasteiger partial charge >= 0.3 is 0 Å². The summed E-state index contributed by atoms with van der Waals surface area (Å²) in [4.78, 5) is 12.7. The zero-order valence-corrected chi connectivity index (χ0v) is 11.0. The number of carbonyl (C=O) groups is 1. The van der Waals surface area contributed by atoms with Gasteiger partial charge in [-0.05, 0) is 56.3 Å². The standard InChI is InChI=1S/C14H20N4O/c15-11-7-16-18-12(11)17-13(19)14-4-8-1-9(5-14)3-10(2-8)6-14/h7-10H,1-6,15H2,(H2,16,17,18,19). The van der Waals surface area contributed by atoms with Crippen molar-refractivity contribution in [1.82, 2.24) is 10.2 Å². The maximum absolute atomic E-state index is 12.7. The van der Waals surface area contributed by atoms with Crippen LogP contribution in [-0.4, -0.2) is 16.1 Å². The van der Waals surface area contributed by atoms with E-state index in [2.05, 4.69) is 15.5 Å². The number of aromatic amines is 1. The first kappa shape index (κ1) is 11.3. The molecule has 0 atom stereocenters. The van der Waals surface area contributed by atoms with Crippen molar-refractivity contribution in [3.63, 3.8) is 0 Å². The van der Waals surface area contributed by atoms with Gasteiger partial charge in [0.2, 0.25) is 5.91 Å². The summed E-state index contributed by atoms with van der Waals surface area (Å²) in [6, 6.07) is 0. The monoisotopic (exact) mass is 260 g/mol. The van der Waals surface area contributed by atoms with E-state index in [4.69, 9.17) is 5.73 Å². The highest BCUT2D eigenvalue weighted by molar-refractivity contribution is 5.96. The van der Waals surface area contributed by atoms with E-state index in [1.54, 1.807) is 0 Å². The number of nitrogen functional groups attached to an aromatic ring is 1. The van der Waals surface area contributed by atoms with Gasteiger partial charge < -0.3 is 11.1 Å². The molecular weight excluding hydrogens is 240 g/mol. The molecule has 19 heavy (non-hydrogen) atoms. The van der Waals surface area contributed by atoms with Crippen molar-refractivity contribution in [3.8, 4) is 0 Å². The molecule has 5 rings (SSSR count). The van der Waals surface area contributed by atoms with Crippen molar-refractivity contribution in [2.75, 3.05) is 11.1 Å². The minimum atomic E-state index is -0.133. The zero-order valence-electron chi connectivity index (χ0n) is 11.0. The molecule has 0 aromatic carbocycles. The first-order valence-corrected chi connectivity index (χ1v) is 7.25. The Kier molecular flexibility index (Phi) is 2.23. The molecule has 1 aromatic heterocycles. The molecule has 4 bridgehead atoms. The van der Waals surface area contributed by atoms with Crippen LogP contribution in [0, 0.1) is 23.2 Å². The number of anilines is 2. The van der Waals surface area contributed by atoms with Crippen LogP contribution in [0.4, 0.5) is 11.5 Å². The van der Waals surface area contributed by atoms with Crippen LogP contribution in [0.3, 0.4) is 0 Å². The lowest BCUT2D eigenvalue weighted by molar-refractivity contribution is -0.140. The van der Waals surface area contributed by atoms with Crippen LogP contribution in [0.1, 0.15) is 38.5 Å². The van der Waals surface area contributed by atoms with Gasteiger partial charge in [0.1, 0.15) is 0 Å². The van der Waals surface area contributed by atoms with Crippen LogP contribution in [-0.2, 0) is 4.79 Å². The molecule has 0 aliphatic heterocycles. The van der Waals surface area contributed by atoms with E-state index in [9.17, 15) is 4.79 Å². The molecule has 102 valence electrons. The summed E-state index contributed by atoms with van der Waals surface area (Å²) >= 11 is 0. The lowest BCUT2D eigenvalue weighted by Gasteiger charge is -2.55. The molecule has 0 unspecified atom stereocenters. The summed E-state index contributed by atoms with van der Waals surface area (Å²) in [5.74, 6) is 3.03. The normalized spacial score (nSPS) is 39.5. The van der Waals surface area contributed by atoms with Crippen molar-refractivity contribution in [2.45, 2.75) is 38.5 Å². The van der Waals surface area contributed by atoms with Gasteiger partial charge in [-0.2, -0.15) is 5.10 Å². The fraction of sp³-hybridized carbons (Fsp3) is 0.714. The van der Waals surface area contributed by atoms with E-state index in [-0.39, 0.29) is 11.3 Å². The van der Waals surface area contributed by atoms with E-state index in [0.717, 1.165) is 37.0 Å². The van der Waals surface area contributed by atoms with Gasteiger partial charge in [-0.15, -0.1) is 0 Å². The summed E-state index contributed by atoms with van der Waals surface area (Å²) in [7, 11) is 0. The summed E-state index contributed by atoms with van der Waals surface area (Å²) in [5, 5.41) is 9.58. The van der Waals surface area contributed by atoms with E-state index >= 15 is 0 Å². The van der Waals surface area contributed by atoms with E-state index in [1.807, 2.05) is 0 Å². The van der Waals surface area contributed by atoms with Crippen molar-refractivity contribution < 1.29 is 4.79 Å². The molecule has 0 spiro atoms. The van der Waals surface area contributed by atoms with Gasteiger partial charge in [-0.3, -0.25) is 9.89 Å². The quantitative estimate of drug-likeness (QED) is 0.761. The molecule has 4 N–H and O–H groups in total. The third-order valence-corrected chi connectivity index (χ3v) is 5.43. The molecule has 5 heteroatoms. The molecule has 5 nitrogen and oxygen atoms in total. The number of hydrogen-bond donors (Lipinski definition) is 3. The summed E-state index contributed by atoms with van der Waals surface area (Å²) < 4.78 is 0. The highest BCUT2D eigenvalue weighted by Gasteiger charge is 2.54. The first-order valence-electron chi connectivity index (χ1n) is 7.25. The molecule has 1 aromatic rings. The minimum Gasteiger partial charge on any atom is -0.394 e. The van der Waals surface area contributed by atoms with E-state index in [0.29, 0.717) is 11.5 Å². The third-order valence-electron chi connectivity index (χ3n) is 5.43. The smallest absolute Gasteiger partial charge is 0.231 e. The fourth-order valence-corrected chi connectivity index (χ4v) is 5.03. The molecule has 0 radical (unpaired) electrons. The number of nitrogens with one attached hydrogen (secondary N) is 2. The predicted octanol–water partition coefficient (Wildman–Crippen LogP) is 2.15. The topological polar surface area (TPSA) is 83.8 Å². The Balaban J connectivity index is 1.58. The Morgan fingerprint density at radius 1 is 1.26 bits per heavy atom. The summed E-state index contributed by atoms with van der Waals surface area (Å²) in [5.41, 5.74) is 6.15. The first-order chi connectivity index (χ1) is 9.14. The number of H-pyrrole nitrogens is 1. The van der Waals surface area contributed by atoms with Crippen molar-refractivity contribution in [1.29, 1.82) is 0 Å². The second-order valence-electron chi connectivity index (χ2n) is 6.85. The molecule has 1 amide bonds. The minimum absolute atomic E-state index is 0.133. The highest BCUT2D eigenvalue weighted by atomic mass is 16.2. The van der Waals surface area contributed by atoms with Crippen molar-refractivity contribution in [3.05, 3.63) is 6.20 Å². The summed E-state index contributed by atoms with van der Waals surface area (Å²) in [6.07, 6.45) is 8.78. The molecule has 4 saturated carbocycles. The van der Waals surface area contributed by atoms with Gasteiger partial charge in [0.05, 0.1) is 17.3 Å². The van der Waals surface area contributed by atoms with Gasteiger partial charge in [0.15, 0.2) is 5.82 Å². The number of hydrogen-bond acceptors (Lipinski definition) is 3. The number of aromatic nitrogens is 2. The maximum Gasteiger partial charge on any atom is 0.231 e. The van der Waals surface area contributed by atoms with Crippen LogP contribution in [0.15, 0.2) is 6.20 Å². The Bertz CT molecular complexity index is 486. The Morgan fingerprint density at radius 3 is 2.32 bits per heavy atom. The largest absolute Gasteiger partial charge is 0.394 e. The maximum atomic E-state index is 12.7. The average molecular weight is 260 g/mol. The van der Waals surface area contributed by atoms with Crippen LogP contribution in [0.2, 0.25) is 0 Å². The summed E-state index contributed by atoms with van der Waals surface area (Å²) in [6.45, 7) is 0. The molecule has 1 heterocycles. The molecular formula is C14H20N4O. The third kappa shape index (κ3) is 1.67. The number of nitrogens with zero attached hydrogens (tertiary/aromatic N) is 1. The van der Waals surface area contributed by atoms with Crippen molar-refractivity contribution >= 4 is 17.4 Å². The number of amides is 1. The van der Waals surface area contributed by atoms with E-state index in [1.165, 1.54) is 25.5 Å². The number of carbonyl (C=O) groups excluding carboxylic acids is 1. The second kappa shape index (κ2) is 3.74. The average Bonchev–Trinajstić information content (AvgIpc) is 2.73. The Labute approximate surface area is 112 Å². The highest BCUT2D eigenvalue weighted by Crippen LogP contribution is 2.60. The molecule has 4 aliphatic carbocycles. The SMILES string of the molecule is Nc1cn[nH]c1NC(=O)C12CC3CC(CC(C3)C1)C2. The Morgan fingerprint density at radius 2 is 1.84 bits per heavy atom. The number of rotatable bonds is 2. The van der Waals surface area contributed by atoms with Gasteiger partial charge in [-0.25, -0.2) is 0 Å². The van der Waals surface area contributed by atoms with Gasteiger partial charge in [0.25, 0.3) is 0 Å². The van der Waals surface area contributed by atoms with Crippen LogP contribution < -0.4 is 11.1 Å². The molecule has 0 saturated heterocycles. The van der Waals surface area contributed by atoms with Crippen LogP contribution in [0.5, 0.6) is 0 Å². The van der Waals surface area contributed by atoms with Crippen LogP contribution in [0.25, 0.3) is 0 Å². The lowest BCUT2D eigenvalue weighted by Crippen LogP contribution is -2.51. The lowest BCUT2D eigenvalue weighted by atomic mass is 9.49. The fourth-order valence-electron chi connectivity index (χ4n) is 5.03.